The average Bonchev–Trinajstić information content (AvgIpc) is 2.46. The third-order valence-electron chi connectivity index (χ3n) is 2.99. The molecule has 0 saturated carbocycles. The van der Waals surface area contributed by atoms with Crippen LogP contribution in [0, 0.1) is 3.57 Å². The highest BCUT2D eigenvalue weighted by Gasteiger charge is 2.09. The first-order valence-electron chi connectivity index (χ1n) is 6.12. The Morgan fingerprint density at radius 3 is 2.53 bits per heavy atom. The Bertz CT molecular complexity index is 564. The Balaban J connectivity index is 2.26. The van der Waals surface area contributed by atoms with Crippen molar-refractivity contribution < 1.29 is 9.53 Å². The number of aryl methyl sites for hydroxylation is 1. The highest BCUT2D eigenvalue weighted by molar-refractivity contribution is 14.1. The predicted octanol–water partition coefficient (Wildman–Crippen LogP) is 4.06. The quantitative estimate of drug-likeness (QED) is 0.603. The van der Waals surface area contributed by atoms with Crippen LogP contribution in [0.4, 0.5) is 0 Å². The molecular weight excluding hydrogens is 351 g/mol. The second kappa shape index (κ2) is 6.70. The van der Waals surface area contributed by atoms with Gasteiger partial charge in [0.05, 0.1) is 7.11 Å². The Kier molecular flexibility index (Phi) is 4.96. The smallest absolute Gasteiger partial charge is 0.305 e. The fraction of sp³-hybridized carbons (Fsp3) is 0.188. The van der Waals surface area contributed by atoms with Gasteiger partial charge in [-0.15, -0.1) is 0 Å². The van der Waals surface area contributed by atoms with Gasteiger partial charge in [-0.25, -0.2) is 0 Å². The third kappa shape index (κ3) is 3.56. The lowest BCUT2D eigenvalue weighted by atomic mass is 10.0. The summed E-state index contributed by atoms with van der Waals surface area (Å²) in [5, 5.41) is 0. The van der Waals surface area contributed by atoms with Gasteiger partial charge >= 0.3 is 5.97 Å². The summed E-state index contributed by atoms with van der Waals surface area (Å²) < 4.78 is 5.89. The molecule has 98 valence electrons. The van der Waals surface area contributed by atoms with E-state index < -0.39 is 0 Å². The number of methoxy groups -OCH3 is 1. The van der Waals surface area contributed by atoms with E-state index in [2.05, 4.69) is 51.6 Å². The van der Waals surface area contributed by atoms with Crippen LogP contribution < -0.4 is 0 Å². The number of hydrogen-bond donors (Lipinski definition) is 0. The molecule has 0 unspecified atom stereocenters. The molecule has 0 amide bonds. The average molecular weight is 366 g/mol. The standard InChI is InChI=1S/C16H15IO2/c1-19-15(18)11-10-13-8-5-9-14(16(13)17)12-6-3-2-4-7-12/h2-9H,10-11H2,1H3. The van der Waals surface area contributed by atoms with Crippen molar-refractivity contribution in [1.82, 2.24) is 0 Å². The highest BCUT2D eigenvalue weighted by Crippen LogP contribution is 2.28. The number of carbonyl (C=O) groups excluding carboxylic acids is 1. The van der Waals surface area contributed by atoms with Crippen LogP contribution in [0.2, 0.25) is 0 Å². The van der Waals surface area contributed by atoms with Gasteiger partial charge in [-0.2, -0.15) is 0 Å². The second-order valence-corrected chi connectivity index (χ2v) is 5.30. The summed E-state index contributed by atoms with van der Waals surface area (Å²) in [4.78, 5) is 11.2. The first-order chi connectivity index (χ1) is 9.22. The van der Waals surface area contributed by atoms with E-state index in [1.165, 1.54) is 27.4 Å². The van der Waals surface area contributed by atoms with Crippen LogP contribution in [0.3, 0.4) is 0 Å². The monoisotopic (exact) mass is 366 g/mol. The maximum Gasteiger partial charge on any atom is 0.305 e. The summed E-state index contributed by atoms with van der Waals surface area (Å²) in [6.45, 7) is 0. The van der Waals surface area contributed by atoms with E-state index in [4.69, 9.17) is 0 Å². The van der Waals surface area contributed by atoms with Crippen LogP contribution in [0.15, 0.2) is 48.5 Å². The summed E-state index contributed by atoms with van der Waals surface area (Å²) >= 11 is 2.35. The Labute approximate surface area is 126 Å². The highest BCUT2D eigenvalue weighted by atomic mass is 127. The molecule has 2 rings (SSSR count). The fourth-order valence-corrected chi connectivity index (χ4v) is 2.89. The van der Waals surface area contributed by atoms with Crippen molar-refractivity contribution in [3.63, 3.8) is 0 Å². The van der Waals surface area contributed by atoms with Crippen molar-refractivity contribution in [1.29, 1.82) is 0 Å². The Morgan fingerprint density at radius 2 is 1.84 bits per heavy atom. The number of rotatable bonds is 4. The van der Waals surface area contributed by atoms with Crippen molar-refractivity contribution in [2.24, 2.45) is 0 Å². The maximum atomic E-state index is 11.2. The van der Waals surface area contributed by atoms with Gasteiger partial charge in [-0.05, 0) is 45.7 Å². The van der Waals surface area contributed by atoms with Gasteiger partial charge in [0.15, 0.2) is 0 Å². The molecule has 3 heteroatoms. The minimum Gasteiger partial charge on any atom is -0.469 e. The van der Waals surface area contributed by atoms with Crippen LogP contribution in [0.25, 0.3) is 11.1 Å². The normalized spacial score (nSPS) is 10.2. The van der Waals surface area contributed by atoms with Gasteiger partial charge in [-0.1, -0.05) is 48.5 Å². The number of hydrogen-bond acceptors (Lipinski definition) is 2. The van der Waals surface area contributed by atoms with Gasteiger partial charge < -0.3 is 4.74 Å². The van der Waals surface area contributed by atoms with E-state index in [9.17, 15) is 4.79 Å². The summed E-state index contributed by atoms with van der Waals surface area (Å²) in [6.07, 6.45) is 1.14. The van der Waals surface area contributed by atoms with E-state index in [0.29, 0.717) is 12.8 Å². The van der Waals surface area contributed by atoms with Crippen molar-refractivity contribution >= 4 is 28.6 Å². The summed E-state index contributed by atoms with van der Waals surface area (Å²) in [6, 6.07) is 16.5. The van der Waals surface area contributed by atoms with E-state index >= 15 is 0 Å². The van der Waals surface area contributed by atoms with E-state index in [1.807, 2.05) is 24.3 Å². The molecule has 2 aromatic rings. The molecule has 0 saturated heterocycles. The number of ether oxygens (including phenoxy) is 1. The minimum absolute atomic E-state index is 0.166. The van der Waals surface area contributed by atoms with Gasteiger partial charge in [0, 0.05) is 9.99 Å². The lowest BCUT2D eigenvalue weighted by Gasteiger charge is -2.10. The summed E-state index contributed by atoms with van der Waals surface area (Å²) in [7, 11) is 1.42. The molecule has 0 aliphatic rings. The first-order valence-corrected chi connectivity index (χ1v) is 7.20. The molecule has 0 fully saturated rings. The van der Waals surface area contributed by atoms with Crippen molar-refractivity contribution in [2.75, 3.05) is 7.11 Å². The van der Waals surface area contributed by atoms with Crippen molar-refractivity contribution in [2.45, 2.75) is 12.8 Å². The number of benzene rings is 2. The van der Waals surface area contributed by atoms with Crippen LogP contribution in [-0.4, -0.2) is 13.1 Å². The third-order valence-corrected chi connectivity index (χ3v) is 4.26. The number of halogens is 1. The number of esters is 1. The molecule has 0 bridgehead atoms. The molecule has 0 aliphatic heterocycles. The van der Waals surface area contributed by atoms with Gasteiger partial charge in [-0.3, -0.25) is 4.79 Å². The Hall–Kier alpha value is -1.36. The topological polar surface area (TPSA) is 26.3 Å². The lowest BCUT2D eigenvalue weighted by Crippen LogP contribution is -2.03. The Morgan fingerprint density at radius 1 is 1.11 bits per heavy atom. The molecule has 0 aliphatic carbocycles. The summed E-state index contributed by atoms with van der Waals surface area (Å²) in [5.74, 6) is -0.166. The van der Waals surface area contributed by atoms with Crippen LogP contribution in [0.1, 0.15) is 12.0 Å². The zero-order valence-corrected chi connectivity index (χ0v) is 12.9. The molecule has 0 atom stereocenters. The van der Waals surface area contributed by atoms with Crippen molar-refractivity contribution in [3.05, 3.63) is 57.7 Å². The molecule has 2 nitrogen and oxygen atoms in total. The lowest BCUT2D eigenvalue weighted by molar-refractivity contribution is -0.140. The molecule has 2 aromatic carbocycles. The molecule has 0 heterocycles. The van der Waals surface area contributed by atoms with E-state index in [1.54, 1.807) is 0 Å². The first kappa shape index (κ1) is 14.1. The second-order valence-electron chi connectivity index (χ2n) is 4.22. The zero-order valence-electron chi connectivity index (χ0n) is 10.7. The molecule has 0 spiro atoms. The molecule has 0 N–H and O–H groups in total. The molecular formula is C16H15IO2. The zero-order chi connectivity index (χ0) is 13.7. The summed E-state index contributed by atoms with van der Waals surface area (Å²) in [5.41, 5.74) is 3.60. The van der Waals surface area contributed by atoms with E-state index in [-0.39, 0.29) is 5.97 Å². The SMILES string of the molecule is COC(=O)CCc1cccc(-c2ccccc2)c1I. The minimum atomic E-state index is -0.166. The van der Waals surface area contributed by atoms with Crippen molar-refractivity contribution in [3.8, 4) is 11.1 Å². The molecule has 19 heavy (non-hydrogen) atoms. The largest absolute Gasteiger partial charge is 0.469 e. The van der Waals surface area contributed by atoms with Crippen LogP contribution in [0.5, 0.6) is 0 Å². The van der Waals surface area contributed by atoms with Gasteiger partial charge in [0.2, 0.25) is 0 Å². The molecule has 0 aromatic heterocycles. The van der Waals surface area contributed by atoms with E-state index in [0.717, 1.165) is 0 Å². The fourth-order valence-electron chi connectivity index (χ4n) is 1.95. The number of carbonyl (C=O) groups is 1. The maximum absolute atomic E-state index is 11.2. The predicted molar refractivity (Wildman–Crippen MR) is 84.9 cm³/mol. The van der Waals surface area contributed by atoms with Gasteiger partial charge in [0.1, 0.15) is 0 Å². The van der Waals surface area contributed by atoms with Crippen LogP contribution >= 0.6 is 22.6 Å². The van der Waals surface area contributed by atoms with Crippen LogP contribution in [-0.2, 0) is 16.0 Å². The molecule has 0 radical (unpaired) electrons. The van der Waals surface area contributed by atoms with Gasteiger partial charge in [0.25, 0.3) is 0 Å².